The molecule has 2 aliphatic heterocycles. The van der Waals surface area contributed by atoms with Gasteiger partial charge in [-0.3, -0.25) is 14.2 Å². The highest BCUT2D eigenvalue weighted by Gasteiger charge is 2.36. The molecule has 2 saturated heterocycles. The van der Waals surface area contributed by atoms with Crippen molar-refractivity contribution >= 4 is 40.6 Å². The average Bonchev–Trinajstić information content (AvgIpc) is 3.60. The molecule has 0 saturated carbocycles. The summed E-state index contributed by atoms with van der Waals surface area (Å²) in [5.41, 5.74) is 5.66. The second-order valence-corrected chi connectivity index (χ2v) is 13.1. The number of amides is 1. The fourth-order valence-electron chi connectivity index (χ4n) is 6.20. The molecule has 3 atom stereocenters. The molecule has 1 amide bonds. The van der Waals surface area contributed by atoms with E-state index in [1.807, 2.05) is 74.4 Å². The van der Waals surface area contributed by atoms with Crippen molar-refractivity contribution in [2.24, 2.45) is 0 Å². The molecule has 43 heavy (non-hydrogen) atoms. The Bertz CT molecular complexity index is 1690. The van der Waals surface area contributed by atoms with Crippen LogP contribution in [0.2, 0.25) is 0 Å². The number of thiazole rings is 1. The number of rotatable bonds is 7. The first-order chi connectivity index (χ1) is 20.7. The number of ether oxygens (including phenoxy) is 1. The number of carbonyl (C=O) groups is 1. The van der Waals surface area contributed by atoms with Gasteiger partial charge in [-0.25, -0.2) is 4.98 Å². The molecular formula is C34H37ClN4O3S. The van der Waals surface area contributed by atoms with Crippen LogP contribution in [0.3, 0.4) is 0 Å². The summed E-state index contributed by atoms with van der Waals surface area (Å²) in [4.78, 5) is 35.8. The standard InChI is InChI=1S/C34H37ClN4O3S/c1-5-42-25-12-13-28(35)31(15-25)39-30(14-20(2)3)26(33(40)38-17-23-10-11-24(18-38)36-23)16-27(34(39)41)32-37-29(19-43-32)22-8-6-21(4)7-9-22/h6-9,12-14,16,19,23-25,36H,5,10-11,15,17-18H2,1-4H3/t23?,24?,25-/m0/s1. The number of pyridine rings is 1. The molecule has 2 fully saturated rings. The molecule has 0 radical (unpaired) electrons. The van der Waals surface area contributed by atoms with Gasteiger partial charge in [0.25, 0.3) is 11.5 Å². The summed E-state index contributed by atoms with van der Waals surface area (Å²) < 4.78 is 7.56. The fourth-order valence-corrected chi connectivity index (χ4v) is 7.27. The van der Waals surface area contributed by atoms with Crippen molar-refractivity contribution in [3.63, 3.8) is 0 Å². The molecule has 1 N–H and O–H groups in total. The maximum atomic E-state index is 14.5. The van der Waals surface area contributed by atoms with Crippen molar-refractivity contribution in [2.75, 3.05) is 19.7 Å². The molecule has 3 aromatic rings. The Kier molecular flexibility index (Phi) is 8.56. The molecule has 3 aliphatic rings. The second kappa shape index (κ2) is 12.4. The van der Waals surface area contributed by atoms with Gasteiger partial charge in [-0.05, 0) is 58.8 Å². The van der Waals surface area contributed by atoms with Crippen LogP contribution in [0.4, 0.5) is 0 Å². The zero-order valence-electron chi connectivity index (χ0n) is 25.0. The normalized spacial score (nSPS) is 21.4. The highest BCUT2D eigenvalue weighted by Crippen LogP contribution is 2.34. The molecule has 2 aromatic heterocycles. The smallest absolute Gasteiger partial charge is 0.265 e. The second-order valence-electron chi connectivity index (χ2n) is 11.8. The van der Waals surface area contributed by atoms with Crippen LogP contribution in [0, 0.1) is 6.92 Å². The van der Waals surface area contributed by atoms with Gasteiger partial charge in [0.05, 0.1) is 33.7 Å². The minimum atomic E-state index is -0.257. The van der Waals surface area contributed by atoms with E-state index < -0.39 is 0 Å². The highest BCUT2D eigenvalue weighted by atomic mass is 35.5. The van der Waals surface area contributed by atoms with E-state index in [0.717, 1.165) is 29.7 Å². The summed E-state index contributed by atoms with van der Waals surface area (Å²) in [6, 6.07) is 10.5. The number of allylic oxidation sites excluding steroid dienone is 3. The van der Waals surface area contributed by atoms with E-state index in [1.165, 1.54) is 16.9 Å². The lowest BCUT2D eigenvalue weighted by atomic mass is 10.0. The minimum absolute atomic E-state index is 0.0827. The van der Waals surface area contributed by atoms with Crippen LogP contribution in [0.5, 0.6) is 0 Å². The Hall–Kier alpha value is -3.30. The van der Waals surface area contributed by atoms with E-state index in [-0.39, 0.29) is 17.6 Å². The third-order valence-electron chi connectivity index (χ3n) is 8.26. The Labute approximate surface area is 261 Å². The summed E-state index contributed by atoms with van der Waals surface area (Å²) in [5, 5.41) is 6.60. The van der Waals surface area contributed by atoms with Crippen LogP contribution in [-0.4, -0.2) is 58.2 Å². The SMILES string of the molecule is CCO[C@H]1C=CC(Cl)=C(n2c(C=C(C)C)c(C(=O)N3CC4CCC(C3)N4)cc(-c3nc(-c4ccc(C)cc4)cs3)c2=O)C1. The molecule has 9 heteroatoms. The van der Waals surface area contributed by atoms with Crippen molar-refractivity contribution in [2.45, 2.75) is 65.1 Å². The van der Waals surface area contributed by atoms with E-state index >= 15 is 0 Å². The molecule has 6 rings (SSSR count). The van der Waals surface area contributed by atoms with Crippen molar-refractivity contribution in [3.05, 3.63) is 85.6 Å². The lowest BCUT2D eigenvalue weighted by Gasteiger charge is -2.33. The van der Waals surface area contributed by atoms with E-state index in [4.69, 9.17) is 21.3 Å². The summed E-state index contributed by atoms with van der Waals surface area (Å²) in [6.45, 7) is 9.75. The Morgan fingerprint density at radius 1 is 1.19 bits per heavy atom. The molecule has 7 nitrogen and oxygen atoms in total. The summed E-state index contributed by atoms with van der Waals surface area (Å²) in [5.74, 6) is -0.0827. The zero-order valence-corrected chi connectivity index (χ0v) is 26.6. The topological polar surface area (TPSA) is 76.5 Å². The largest absolute Gasteiger partial charge is 0.374 e. The minimum Gasteiger partial charge on any atom is -0.374 e. The van der Waals surface area contributed by atoms with Gasteiger partial charge in [0, 0.05) is 54.8 Å². The van der Waals surface area contributed by atoms with Crippen LogP contribution >= 0.6 is 22.9 Å². The number of nitrogens with zero attached hydrogens (tertiary/aromatic N) is 3. The molecule has 224 valence electrons. The molecule has 1 aliphatic carbocycles. The van der Waals surface area contributed by atoms with Gasteiger partial charge in [0.1, 0.15) is 5.01 Å². The monoisotopic (exact) mass is 616 g/mol. The highest BCUT2D eigenvalue weighted by molar-refractivity contribution is 7.13. The first-order valence-electron chi connectivity index (χ1n) is 14.9. The van der Waals surface area contributed by atoms with E-state index in [9.17, 15) is 9.59 Å². The third-order valence-corrected chi connectivity index (χ3v) is 9.48. The van der Waals surface area contributed by atoms with Crippen molar-refractivity contribution in [1.82, 2.24) is 19.8 Å². The molecular weight excluding hydrogens is 580 g/mol. The van der Waals surface area contributed by atoms with Gasteiger partial charge in [-0.1, -0.05) is 53.1 Å². The van der Waals surface area contributed by atoms with Crippen LogP contribution in [0.15, 0.2) is 63.3 Å². The van der Waals surface area contributed by atoms with Gasteiger partial charge in [-0.15, -0.1) is 11.3 Å². The maximum absolute atomic E-state index is 14.5. The number of piperazine rings is 1. The van der Waals surface area contributed by atoms with Gasteiger partial charge >= 0.3 is 0 Å². The Morgan fingerprint density at radius 3 is 2.58 bits per heavy atom. The number of hydrogen-bond acceptors (Lipinski definition) is 6. The molecule has 2 unspecified atom stereocenters. The van der Waals surface area contributed by atoms with Crippen molar-refractivity contribution < 1.29 is 9.53 Å². The molecule has 4 heterocycles. The summed E-state index contributed by atoms with van der Waals surface area (Å²) >= 11 is 8.23. The Balaban J connectivity index is 1.55. The van der Waals surface area contributed by atoms with Gasteiger partial charge in [-0.2, -0.15) is 0 Å². The van der Waals surface area contributed by atoms with Crippen LogP contribution < -0.4 is 10.9 Å². The van der Waals surface area contributed by atoms with E-state index in [0.29, 0.717) is 70.8 Å². The number of fused-ring (bicyclic) bond motifs is 2. The number of aryl methyl sites for hydroxylation is 1. The van der Waals surface area contributed by atoms with Crippen LogP contribution in [0.1, 0.15) is 61.6 Å². The predicted octanol–water partition coefficient (Wildman–Crippen LogP) is 6.72. The third kappa shape index (κ3) is 6.07. The number of halogens is 1. The first kappa shape index (κ1) is 29.8. The number of likely N-dealkylation sites (tertiary alicyclic amines) is 1. The Morgan fingerprint density at radius 2 is 1.91 bits per heavy atom. The molecule has 0 spiro atoms. The number of nitrogens with one attached hydrogen (secondary N) is 1. The van der Waals surface area contributed by atoms with Gasteiger partial charge < -0.3 is 15.0 Å². The number of aromatic nitrogens is 2. The number of hydrogen-bond donors (Lipinski definition) is 1. The lowest BCUT2D eigenvalue weighted by Crippen LogP contribution is -2.53. The van der Waals surface area contributed by atoms with E-state index in [1.54, 1.807) is 16.7 Å². The molecule has 1 aromatic carbocycles. The quantitative estimate of drug-likeness (QED) is 0.319. The van der Waals surface area contributed by atoms with Gasteiger partial charge in [0.15, 0.2) is 0 Å². The number of benzene rings is 1. The van der Waals surface area contributed by atoms with E-state index in [2.05, 4.69) is 5.32 Å². The number of carbonyl (C=O) groups excluding carboxylic acids is 1. The lowest BCUT2D eigenvalue weighted by molar-refractivity contribution is 0.0696. The fraction of sp³-hybridized carbons (Fsp3) is 0.382. The predicted molar refractivity (Wildman–Crippen MR) is 175 cm³/mol. The van der Waals surface area contributed by atoms with Crippen molar-refractivity contribution in [3.8, 4) is 21.8 Å². The van der Waals surface area contributed by atoms with Crippen LogP contribution in [0.25, 0.3) is 33.6 Å². The van der Waals surface area contributed by atoms with Gasteiger partial charge in [0.2, 0.25) is 0 Å². The first-order valence-corrected chi connectivity index (χ1v) is 16.2. The summed E-state index contributed by atoms with van der Waals surface area (Å²) in [7, 11) is 0. The zero-order chi connectivity index (χ0) is 30.2. The van der Waals surface area contributed by atoms with Crippen molar-refractivity contribution in [1.29, 1.82) is 0 Å². The molecule has 2 bridgehead atoms. The maximum Gasteiger partial charge on any atom is 0.265 e. The van der Waals surface area contributed by atoms with Crippen LogP contribution in [-0.2, 0) is 4.74 Å². The average molecular weight is 617 g/mol. The summed E-state index contributed by atoms with van der Waals surface area (Å²) in [6.07, 6.45) is 7.94.